The fraction of sp³-hybridized carbons (Fsp3) is 0.467. The molecule has 0 bridgehead atoms. The maximum absolute atomic E-state index is 11.6. The van der Waals surface area contributed by atoms with Crippen LogP contribution in [0.3, 0.4) is 0 Å². The van der Waals surface area contributed by atoms with E-state index < -0.39 is 12.0 Å². The summed E-state index contributed by atoms with van der Waals surface area (Å²) in [5.74, 6) is 0.736. The topological polar surface area (TPSA) is 84.9 Å². The third kappa shape index (κ3) is 4.84. The van der Waals surface area contributed by atoms with Crippen LogP contribution in [0.15, 0.2) is 23.1 Å². The Morgan fingerprint density at radius 3 is 2.77 bits per heavy atom. The second kappa shape index (κ2) is 7.93. The summed E-state index contributed by atoms with van der Waals surface area (Å²) in [5, 5.41) is 11.2. The van der Waals surface area contributed by atoms with Crippen LogP contribution in [0, 0.1) is 0 Å². The molecular formula is C15H19NO5S. The van der Waals surface area contributed by atoms with Crippen molar-refractivity contribution in [1.29, 1.82) is 0 Å². The summed E-state index contributed by atoms with van der Waals surface area (Å²) in [5.41, 5.74) is 0. The maximum atomic E-state index is 11.6. The van der Waals surface area contributed by atoms with Gasteiger partial charge in [-0.15, -0.1) is 11.8 Å². The van der Waals surface area contributed by atoms with E-state index in [1.54, 1.807) is 0 Å². The molecule has 7 heteroatoms. The van der Waals surface area contributed by atoms with E-state index in [1.165, 1.54) is 18.7 Å². The van der Waals surface area contributed by atoms with Gasteiger partial charge in [-0.1, -0.05) is 0 Å². The highest BCUT2D eigenvalue weighted by Crippen LogP contribution is 2.33. The average Bonchev–Trinajstić information content (AvgIpc) is 2.71. The molecule has 1 aliphatic heterocycles. The number of carboxylic acids is 1. The van der Waals surface area contributed by atoms with Gasteiger partial charge >= 0.3 is 5.97 Å². The third-order valence-corrected chi connectivity index (χ3v) is 4.06. The highest BCUT2D eigenvalue weighted by Gasteiger charge is 2.14. The first-order chi connectivity index (χ1) is 10.6. The SMILES string of the molecule is CC(NC(=O)CCSc1ccc2c(c1)OCCCO2)C(=O)O. The molecule has 0 fully saturated rings. The molecule has 1 aromatic carbocycles. The van der Waals surface area contributed by atoms with Gasteiger partial charge in [0.15, 0.2) is 11.5 Å². The molecule has 120 valence electrons. The number of hydrogen-bond donors (Lipinski definition) is 2. The summed E-state index contributed by atoms with van der Waals surface area (Å²) >= 11 is 1.52. The number of thioether (sulfide) groups is 1. The van der Waals surface area contributed by atoms with E-state index in [-0.39, 0.29) is 12.3 Å². The van der Waals surface area contributed by atoms with Gasteiger partial charge in [0.2, 0.25) is 5.91 Å². The monoisotopic (exact) mass is 325 g/mol. The van der Waals surface area contributed by atoms with Crippen LogP contribution in [0.2, 0.25) is 0 Å². The van der Waals surface area contributed by atoms with Gasteiger partial charge < -0.3 is 19.9 Å². The molecule has 0 radical (unpaired) electrons. The number of benzene rings is 1. The minimum atomic E-state index is -1.04. The number of aliphatic carboxylic acids is 1. The van der Waals surface area contributed by atoms with E-state index in [4.69, 9.17) is 14.6 Å². The molecule has 0 saturated heterocycles. The molecule has 1 amide bonds. The molecule has 1 aromatic rings. The van der Waals surface area contributed by atoms with E-state index in [0.717, 1.165) is 22.8 Å². The van der Waals surface area contributed by atoms with Gasteiger partial charge in [-0.25, -0.2) is 0 Å². The second-order valence-corrected chi connectivity index (χ2v) is 6.05. The Morgan fingerprint density at radius 1 is 1.32 bits per heavy atom. The van der Waals surface area contributed by atoms with Gasteiger partial charge in [0.25, 0.3) is 0 Å². The molecule has 2 rings (SSSR count). The van der Waals surface area contributed by atoms with Gasteiger partial charge in [-0.05, 0) is 25.1 Å². The van der Waals surface area contributed by atoms with Crippen molar-refractivity contribution in [3.05, 3.63) is 18.2 Å². The first kappa shape index (κ1) is 16.5. The second-order valence-electron chi connectivity index (χ2n) is 4.88. The molecule has 1 heterocycles. The van der Waals surface area contributed by atoms with E-state index in [0.29, 0.717) is 19.0 Å². The highest BCUT2D eigenvalue weighted by atomic mass is 32.2. The summed E-state index contributed by atoms with van der Waals surface area (Å²) in [4.78, 5) is 23.2. The molecular weight excluding hydrogens is 306 g/mol. The van der Waals surface area contributed by atoms with Crippen LogP contribution < -0.4 is 14.8 Å². The van der Waals surface area contributed by atoms with E-state index in [9.17, 15) is 9.59 Å². The van der Waals surface area contributed by atoms with Crippen molar-refractivity contribution in [3.8, 4) is 11.5 Å². The Labute approximate surface area is 133 Å². The zero-order chi connectivity index (χ0) is 15.9. The normalized spacial score (nSPS) is 14.8. The van der Waals surface area contributed by atoms with E-state index in [2.05, 4.69) is 5.32 Å². The lowest BCUT2D eigenvalue weighted by Crippen LogP contribution is -2.38. The Balaban J connectivity index is 1.81. The predicted octanol–water partition coefficient (Wildman–Crippen LogP) is 1.92. The highest BCUT2D eigenvalue weighted by molar-refractivity contribution is 7.99. The molecule has 0 spiro atoms. The number of ether oxygens (including phenoxy) is 2. The zero-order valence-corrected chi connectivity index (χ0v) is 13.1. The Hall–Kier alpha value is -1.89. The van der Waals surface area contributed by atoms with Gasteiger partial charge in [0, 0.05) is 23.5 Å². The smallest absolute Gasteiger partial charge is 0.325 e. The minimum Gasteiger partial charge on any atom is -0.490 e. The number of rotatable bonds is 6. The summed E-state index contributed by atoms with van der Waals surface area (Å²) in [7, 11) is 0. The Bertz CT molecular complexity index is 549. The van der Waals surface area contributed by atoms with Gasteiger partial charge in [-0.2, -0.15) is 0 Å². The van der Waals surface area contributed by atoms with E-state index in [1.807, 2.05) is 18.2 Å². The first-order valence-corrected chi connectivity index (χ1v) is 8.09. The quantitative estimate of drug-likeness (QED) is 0.777. The number of fused-ring (bicyclic) bond motifs is 1. The fourth-order valence-electron chi connectivity index (χ4n) is 1.87. The molecule has 22 heavy (non-hydrogen) atoms. The van der Waals surface area contributed by atoms with Crippen molar-refractivity contribution in [3.63, 3.8) is 0 Å². The van der Waals surface area contributed by atoms with Gasteiger partial charge in [0.05, 0.1) is 13.2 Å². The molecule has 0 saturated carbocycles. The summed E-state index contributed by atoms with van der Waals surface area (Å²) in [6, 6.07) is 4.84. The lowest BCUT2D eigenvalue weighted by atomic mass is 10.3. The lowest BCUT2D eigenvalue weighted by molar-refractivity contribution is -0.141. The van der Waals surface area contributed by atoms with Crippen LogP contribution in [0.5, 0.6) is 11.5 Å². The van der Waals surface area contributed by atoms with Gasteiger partial charge in [0.1, 0.15) is 6.04 Å². The Kier molecular flexibility index (Phi) is 5.94. The van der Waals surface area contributed by atoms with E-state index >= 15 is 0 Å². The Morgan fingerprint density at radius 2 is 2.05 bits per heavy atom. The number of hydrogen-bond acceptors (Lipinski definition) is 5. The van der Waals surface area contributed by atoms with Crippen molar-refractivity contribution < 1.29 is 24.2 Å². The first-order valence-electron chi connectivity index (χ1n) is 7.11. The standard InChI is InChI=1S/C15H19NO5S/c1-10(15(18)19)16-14(17)5-8-22-11-3-4-12-13(9-11)21-7-2-6-20-12/h3-4,9-10H,2,5-8H2,1H3,(H,16,17)(H,18,19). The third-order valence-electron chi connectivity index (χ3n) is 3.06. The molecule has 0 aliphatic carbocycles. The summed E-state index contributed by atoms with van der Waals surface area (Å²) < 4.78 is 11.2. The van der Waals surface area contributed by atoms with Crippen LogP contribution in [-0.2, 0) is 9.59 Å². The molecule has 1 atom stereocenters. The summed E-state index contributed by atoms with van der Waals surface area (Å²) in [6.07, 6.45) is 1.12. The van der Waals surface area contributed by atoms with Crippen LogP contribution in [0.1, 0.15) is 19.8 Å². The van der Waals surface area contributed by atoms with Crippen LogP contribution >= 0.6 is 11.8 Å². The van der Waals surface area contributed by atoms with Crippen LogP contribution in [0.4, 0.5) is 0 Å². The number of carbonyl (C=O) groups is 2. The number of carboxylic acid groups (broad SMARTS) is 1. The minimum absolute atomic E-state index is 0.261. The maximum Gasteiger partial charge on any atom is 0.325 e. The van der Waals surface area contributed by atoms with Gasteiger partial charge in [-0.3, -0.25) is 9.59 Å². The van der Waals surface area contributed by atoms with Crippen molar-refractivity contribution in [1.82, 2.24) is 5.32 Å². The number of carbonyl (C=O) groups excluding carboxylic acids is 1. The molecule has 2 N–H and O–H groups in total. The average molecular weight is 325 g/mol. The summed E-state index contributed by atoms with van der Waals surface area (Å²) in [6.45, 7) is 2.73. The molecule has 6 nitrogen and oxygen atoms in total. The zero-order valence-electron chi connectivity index (χ0n) is 12.3. The molecule has 0 aromatic heterocycles. The van der Waals surface area contributed by atoms with Crippen molar-refractivity contribution in [2.24, 2.45) is 0 Å². The molecule has 1 aliphatic rings. The fourth-order valence-corrected chi connectivity index (χ4v) is 2.75. The van der Waals surface area contributed by atoms with Crippen LogP contribution in [0.25, 0.3) is 0 Å². The number of amides is 1. The van der Waals surface area contributed by atoms with Crippen molar-refractivity contribution in [2.45, 2.75) is 30.7 Å². The lowest BCUT2D eigenvalue weighted by Gasteiger charge is -2.10. The molecule has 1 unspecified atom stereocenters. The van der Waals surface area contributed by atoms with Crippen LogP contribution in [-0.4, -0.2) is 42.0 Å². The largest absolute Gasteiger partial charge is 0.490 e. The van der Waals surface area contributed by atoms with Crippen molar-refractivity contribution >= 4 is 23.6 Å². The predicted molar refractivity (Wildman–Crippen MR) is 82.6 cm³/mol. The van der Waals surface area contributed by atoms with Crippen molar-refractivity contribution in [2.75, 3.05) is 19.0 Å². The number of nitrogens with one attached hydrogen (secondary N) is 1.